The second kappa shape index (κ2) is 8.06. The van der Waals surface area contributed by atoms with Gasteiger partial charge in [0.05, 0.1) is 24.9 Å². The van der Waals surface area contributed by atoms with Crippen LogP contribution in [0.3, 0.4) is 0 Å². The van der Waals surface area contributed by atoms with Gasteiger partial charge in [0.2, 0.25) is 0 Å². The quantitative estimate of drug-likeness (QED) is 0.732. The van der Waals surface area contributed by atoms with Crippen molar-refractivity contribution >= 4 is 5.91 Å². The molecule has 1 aromatic carbocycles. The van der Waals surface area contributed by atoms with Gasteiger partial charge >= 0.3 is 0 Å². The van der Waals surface area contributed by atoms with Crippen LogP contribution in [0.2, 0.25) is 0 Å². The molecular weight excluding hydrogens is 332 g/mol. The van der Waals surface area contributed by atoms with Crippen LogP contribution in [0.4, 0.5) is 0 Å². The van der Waals surface area contributed by atoms with Crippen molar-refractivity contribution in [1.82, 2.24) is 20.1 Å². The van der Waals surface area contributed by atoms with Crippen LogP contribution in [0.25, 0.3) is 11.3 Å². The highest BCUT2D eigenvalue weighted by atomic mass is 16.5. The molecule has 1 N–H and O–H groups in total. The summed E-state index contributed by atoms with van der Waals surface area (Å²) in [5, 5.41) is 7.12. The van der Waals surface area contributed by atoms with Crippen LogP contribution in [-0.2, 0) is 6.54 Å². The van der Waals surface area contributed by atoms with E-state index in [1.54, 1.807) is 31.5 Å². The molecule has 1 amide bonds. The Kier molecular flexibility index (Phi) is 5.38. The zero-order valence-electron chi connectivity index (χ0n) is 14.3. The fourth-order valence-electron chi connectivity index (χ4n) is 2.40. The Labute approximate surface area is 150 Å². The number of rotatable bonds is 6. The SMILES string of the molecule is COc1ccc(-c2ccc(=O)n(CCNC(=O)c3cccnc3)n2)cc1. The number of ether oxygens (including phenoxy) is 1. The summed E-state index contributed by atoms with van der Waals surface area (Å²) < 4.78 is 6.48. The monoisotopic (exact) mass is 350 g/mol. The largest absolute Gasteiger partial charge is 0.497 e. The normalized spacial score (nSPS) is 10.3. The lowest BCUT2D eigenvalue weighted by Crippen LogP contribution is -2.32. The standard InChI is InChI=1S/C19H18N4O3/c1-26-16-6-4-14(5-7-16)17-8-9-18(24)23(22-17)12-11-21-19(25)15-3-2-10-20-13-15/h2-10,13H,11-12H2,1H3,(H,21,25). The summed E-state index contributed by atoms with van der Waals surface area (Å²) in [4.78, 5) is 27.9. The van der Waals surface area contributed by atoms with E-state index in [-0.39, 0.29) is 24.6 Å². The number of carbonyl (C=O) groups is 1. The summed E-state index contributed by atoms with van der Waals surface area (Å²) in [5.74, 6) is 0.512. The molecular formula is C19H18N4O3. The third-order valence-corrected chi connectivity index (χ3v) is 3.79. The number of nitrogens with zero attached hydrogens (tertiary/aromatic N) is 3. The molecule has 2 aromatic heterocycles. The Hall–Kier alpha value is -3.48. The van der Waals surface area contributed by atoms with E-state index in [1.807, 2.05) is 24.3 Å². The zero-order chi connectivity index (χ0) is 18.4. The third-order valence-electron chi connectivity index (χ3n) is 3.79. The van der Waals surface area contributed by atoms with Crippen molar-refractivity contribution in [2.45, 2.75) is 6.54 Å². The molecule has 0 saturated carbocycles. The number of carbonyl (C=O) groups excluding carboxylic acids is 1. The van der Waals surface area contributed by atoms with E-state index < -0.39 is 0 Å². The van der Waals surface area contributed by atoms with E-state index >= 15 is 0 Å². The van der Waals surface area contributed by atoms with E-state index in [0.717, 1.165) is 11.3 Å². The van der Waals surface area contributed by atoms with E-state index in [1.165, 1.54) is 16.9 Å². The topological polar surface area (TPSA) is 86.1 Å². The molecule has 132 valence electrons. The molecule has 3 aromatic rings. The molecule has 7 nitrogen and oxygen atoms in total. The molecule has 0 bridgehead atoms. The average Bonchev–Trinajstić information content (AvgIpc) is 2.70. The molecule has 3 rings (SSSR count). The minimum absolute atomic E-state index is 0.224. The lowest BCUT2D eigenvalue weighted by molar-refractivity contribution is 0.0951. The van der Waals surface area contributed by atoms with Crippen molar-refractivity contribution in [2.24, 2.45) is 0 Å². The summed E-state index contributed by atoms with van der Waals surface area (Å²) >= 11 is 0. The lowest BCUT2D eigenvalue weighted by atomic mass is 10.1. The molecule has 0 atom stereocenters. The molecule has 7 heteroatoms. The van der Waals surface area contributed by atoms with Crippen LogP contribution >= 0.6 is 0 Å². The van der Waals surface area contributed by atoms with Crippen LogP contribution < -0.4 is 15.6 Å². The molecule has 0 spiro atoms. The summed E-state index contributed by atoms with van der Waals surface area (Å²) in [6.45, 7) is 0.557. The van der Waals surface area contributed by atoms with Crippen molar-refractivity contribution < 1.29 is 9.53 Å². The van der Waals surface area contributed by atoms with Crippen molar-refractivity contribution in [3.8, 4) is 17.0 Å². The number of aromatic nitrogens is 3. The van der Waals surface area contributed by atoms with Crippen LogP contribution in [0.15, 0.2) is 65.7 Å². The maximum Gasteiger partial charge on any atom is 0.266 e. The second-order valence-corrected chi connectivity index (χ2v) is 5.51. The number of pyridine rings is 1. The van der Waals surface area contributed by atoms with Gasteiger partial charge in [-0.2, -0.15) is 5.10 Å². The van der Waals surface area contributed by atoms with Gasteiger partial charge in [-0.15, -0.1) is 0 Å². The molecule has 0 unspecified atom stereocenters. The van der Waals surface area contributed by atoms with E-state index in [4.69, 9.17) is 4.74 Å². The summed E-state index contributed by atoms with van der Waals surface area (Å²) in [5.41, 5.74) is 1.79. The van der Waals surface area contributed by atoms with E-state index in [2.05, 4.69) is 15.4 Å². The van der Waals surface area contributed by atoms with Gasteiger partial charge in [0.1, 0.15) is 5.75 Å². The Morgan fingerprint density at radius 3 is 2.65 bits per heavy atom. The first-order valence-electron chi connectivity index (χ1n) is 8.08. The second-order valence-electron chi connectivity index (χ2n) is 5.51. The molecule has 0 aliphatic heterocycles. The van der Waals surface area contributed by atoms with Crippen molar-refractivity contribution in [2.75, 3.05) is 13.7 Å². The molecule has 0 radical (unpaired) electrons. The van der Waals surface area contributed by atoms with Crippen molar-refractivity contribution in [3.63, 3.8) is 0 Å². The third kappa shape index (κ3) is 4.13. The van der Waals surface area contributed by atoms with E-state index in [0.29, 0.717) is 11.3 Å². The smallest absolute Gasteiger partial charge is 0.266 e. The summed E-state index contributed by atoms with van der Waals surface area (Å²) in [6.07, 6.45) is 3.09. The summed E-state index contributed by atoms with van der Waals surface area (Å²) in [6, 6.07) is 13.9. The molecule has 0 aliphatic rings. The maximum atomic E-state index is 12.0. The molecule has 0 saturated heterocycles. The van der Waals surface area contributed by atoms with Crippen LogP contribution in [-0.4, -0.2) is 34.3 Å². The van der Waals surface area contributed by atoms with Gasteiger partial charge in [-0.05, 0) is 42.5 Å². The Balaban J connectivity index is 1.68. The number of nitrogens with one attached hydrogen (secondary N) is 1. The summed E-state index contributed by atoms with van der Waals surface area (Å²) in [7, 11) is 1.60. The first-order valence-corrected chi connectivity index (χ1v) is 8.08. The lowest BCUT2D eigenvalue weighted by Gasteiger charge is -2.09. The van der Waals surface area contributed by atoms with Gasteiger partial charge in [-0.25, -0.2) is 4.68 Å². The van der Waals surface area contributed by atoms with Crippen molar-refractivity contribution in [3.05, 3.63) is 76.8 Å². The van der Waals surface area contributed by atoms with Gasteiger partial charge in [-0.1, -0.05) is 0 Å². The minimum Gasteiger partial charge on any atom is -0.497 e. The first-order chi connectivity index (χ1) is 12.7. The minimum atomic E-state index is -0.238. The zero-order valence-corrected chi connectivity index (χ0v) is 14.3. The van der Waals surface area contributed by atoms with Gasteiger partial charge < -0.3 is 10.1 Å². The van der Waals surface area contributed by atoms with Crippen LogP contribution in [0, 0.1) is 0 Å². The predicted molar refractivity (Wildman–Crippen MR) is 97.1 cm³/mol. The van der Waals surface area contributed by atoms with Gasteiger partial charge in [0, 0.05) is 30.6 Å². The Morgan fingerprint density at radius 1 is 1.15 bits per heavy atom. The molecule has 26 heavy (non-hydrogen) atoms. The number of methoxy groups -OCH3 is 1. The number of amides is 1. The van der Waals surface area contributed by atoms with Crippen LogP contribution in [0.5, 0.6) is 5.75 Å². The van der Waals surface area contributed by atoms with Crippen molar-refractivity contribution in [1.29, 1.82) is 0 Å². The maximum absolute atomic E-state index is 12.0. The molecule has 2 heterocycles. The predicted octanol–water partition coefficient (Wildman–Crippen LogP) is 1.74. The fraction of sp³-hybridized carbons (Fsp3) is 0.158. The van der Waals surface area contributed by atoms with Gasteiger partial charge in [0.15, 0.2) is 0 Å². The highest BCUT2D eigenvalue weighted by molar-refractivity contribution is 5.93. The number of hydrogen-bond acceptors (Lipinski definition) is 5. The average molecular weight is 350 g/mol. The first kappa shape index (κ1) is 17.3. The Bertz CT molecular complexity index is 937. The number of hydrogen-bond donors (Lipinski definition) is 1. The molecule has 0 aliphatic carbocycles. The van der Waals surface area contributed by atoms with E-state index in [9.17, 15) is 9.59 Å². The highest BCUT2D eigenvalue weighted by Gasteiger charge is 2.07. The Morgan fingerprint density at radius 2 is 1.96 bits per heavy atom. The van der Waals surface area contributed by atoms with Gasteiger partial charge in [0.25, 0.3) is 11.5 Å². The van der Waals surface area contributed by atoms with Crippen LogP contribution in [0.1, 0.15) is 10.4 Å². The highest BCUT2D eigenvalue weighted by Crippen LogP contribution is 2.19. The fourth-order valence-corrected chi connectivity index (χ4v) is 2.40. The van der Waals surface area contributed by atoms with Gasteiger partial charge in [-0.3, -0.25) is 14.6 Å². The molecule has 0 fully saturated rings. The number of benzene rings is 1.